The average molecular weight is 396 g/mol. The van der Waals surface area contributed by atoms with Gasteiger partial charge in [0.25, 0.3) is 0 Å². The van der Waals surface area contributed by atoms with Crippen LogP contribution in [0.1, 0.15) is 41.8 Å². The van der Waals surface area contributed by atoms with Crippen LogP contribution in [0, 0.1) is 0 Å². The molecule has 0 saturated carbocycles. The fourth-order valence-electron chi connectivity index (χ4n) is 4.57. The van der Waals surface area contributed by atoms with Crippen molar-refractivity contribution in [3.05, 3.63) is 41.0 Å². The highest BCUT2D eigenvalue weighted by molar-refractivity contribution is 6.07. The first-order valence-corrected chi connectivity index (χ1v) is 9.72. The zero-order valence-electron chi connectivity index (χ0n) is 16.1. The van der Waals surface area contributed by atoms with Crippen molar-refractivity contribution in [2.24, 2.45) is 0 Å². The Morgan fingerprint density at radius 1 is 1.03 bits per heavy atom. The van der Waals surface area contributed by atoms with Crippen LogP contribution in [-0.4, -0.2) is 36.0 Å². The van der Waals surface area contributed by atoms with Crippen LogP contribution in [0.4, 0.5) is 0 Å². The highest BCUT2D eigenvalue weighted by atomic mass is 16.7. The Kier molecular flexibility index (Phi) is 3.14. The molecule has 4 aliphatic rings. The highest BCUT2D eigenvalue weighted by Gasteiger charge is 2.56. The van der Waals surface area contributed by atoms with E-state index in [9.17, 15) is 9.90 Å². The van der Waals surface area contributed by atoms with Crippen molar-refractivity contribution in [2.45, 2.75) is 44.0 Å². The molecule has 0 aromatic heterocycles. The van der Waals surface area contributed by atoms with Gasteiger partial charge in [0.05, 0.1) is 5.56 Å². The minimum absolute atomic E-state index is 0.0460. The van der Waals surface area contributed by atoms with Crippen molar-refractivity contribution in [3.8, 4) is 28.7 Å². The van der Waals surface area contributed by atoms with Crippen LogP contribution < -0.4 is 23.7 Å². The normalized spacial score (nSPS) is 27.4. The van der Waals surface area contributed by atoms with Gasteiger partial charge >= 0.3 is 0 Å². The monoisotopic (exact) mass is 396 g/mol. The Bertz CT molecular complexity index is 1070. The van der Waals surface area contributed by atoms with Crippen LogP contribution in [-0.2, 0) is 12.0 Å². The molecule has 0 radical (unpaired) electrons. The number of fused-ring (bicyclic) bond motifs is 7. The maximum absolute atomic E-state index is 13.6. The van der Waals surface area contributed by atoms with E-state index in [4.69, 9.17) is 23.7 Å². The van der Waals surface area contributed by atoms with Crippen LogP contribution in [0.3, 0.4) is 0 Å². The van der Waals surface area contributed by atoms with Crippen molar-refractivity contribution in [3.63, 3.8) is 0 Å². The van der Waals surface area contributed by atoms with E-state index < -0.39 is 17.5 Å². The molecule has 6 rings (SSSR count). The molecule has 2 aromatic carbocycles. The summed E-state index contributed by atoms with van der Waals surface area (Å²) < 4.78 is 28.9. The smallest absolute Gasteiger partial charge is 0.231 e. The SMILES string of the molecule is CC1(C)CCc2c(ccc3c2OC2COc4cc5c(cc4C2(O)C3=O)OCO5)O1. The van der Waals surface area contributed by atoms with Crippen LogP contribution in [0.2, 0.25) is 0 Å². The van der Waals surface area contributed by atoms with E-state index in [1.54, 1.807) is 24.3 Å². The van der Waals surface area contributed by atoms with Crippen molar-refractivity contribution in [2.75, 3.05) is 13.4 Å². The van der Waals surface area contributed by atoms with Gasteiger partial charge in [-0.1, -0.05) is 0 Å². The van der Waals surface area contributed by atoms with Gasteiger partial charge in [0.1, 0.15) is 29.5 Å². The molecular weight excluding hydrogens is 376 g/mol. The molecule has 29 heavy (non-hydrogen) atoms. The molecule has 0 bridgehead atoms. The molecule has 7 heteroatoms. The lowest BCUT2D eigenvalue weighted by Crippen LogP contribution is -2.57. The molecule has 2 atom stereocenters. The Labute approximate surface area is 167 Å². The topological polar surface area (TPSA) is 83.5 Å². The summed E-state index contributed by atoms with van der Waals surface area (Å²) >= 11 is 0. The van der Waals surface area contributed by atoms with Gasteiger partial charge in [-0.3, -0.25) is 4.79 Å². The summed E-state index contributed by atoms with van der Waals surface area (Å²) in [4.78, 5) is 13.6. The summed E-state index contributed by atoms with van der Waals surface area (Å²) in [5, 5.41) is 11.6. The van der Waals surface area contributed by atoms with Gasteiger partial charge < -0.3 is 28.8 Å². The van der Waals surface area contributed by atoms with Gasteiger partial charge in [0, 0.05) is 17.2 Å². The Morgan fingerprint density at radius 2 is 1.83 bits per heavy atom. The molecule has 0 spiro atoms. The van der Waals surface area contributed by atoms with Crippen molar-refractivity contribution < 1.29 is 33.6 Å². The summed E-state index contributed by atoms with van der Waals surface area (Å²) in [5.74, 6) is 2.21. The molecule has 2 unspecified atom stereocenters. The predicted octanol–water partition coefficient (Wildman–Crippen LogP) is 2.74. The molecular formula is C22H20O7. The van der Waals surface area contributed by atoms with Crippen molar-refractivity contribution in [1.82, 2.24) is 0 Å². The van der Waals surface area contributed by atoms with Crippen LogP contribution in [0.5, 0.6) is 28.7 Å². The van der Waals surface area contributed by atoms with E-state index in [2.05, 4.69) is 0 Å². The number of carbonyl (C=O) groups is 1. The average Bonchev–Trinajstić information content (AvgIpc) is 3.14. The van der Waals surface area contributed by atoms with E-state index >= 15 is 0 Å². The number of benzene rings is 2. The summed E-state index contributed by atoms with van der Waals surface area (Å²) in [5.41, 5.74) is -0.561. The summed E-state index contributed by atoms with van der Waals surface area (Å²) in [6.07, 6.45) is 0.683. The molecule has 7 nitrogen and oxygen atoms in total. The first-order valence-electron chi connectivity index (χ1n) is 9.72. The molecule has 150 valence electrons. The number of aliphatic hydroxyl groups is 1. The highest BCUT2D eigenvalue weighted by Crippen LogP contribution is 2.52. The quantitative estimate of drug-likeness (QED) is 0.733. The largest absolute Gasteiger partial charge is 0.489 e. The lowest BCUT2D eigenvalue weighted by molar-refractivity contribution is -0.0806. The minimum Gasteiger partial charge on any atom is -0.489 e. The maximum Gasteiger partial charge on any atom is 0.231 e. The van der Waals surface area contributed by atoms with Crippen LogP contribution in [0.15, 0.2) is 24.3 Å². The lowest BCUT2D eigenvalue weighted by atomic mass is 9.76. The second-order valence-corrected chi connectivity index (χ2v) is 8.50. The first-order chi connectivity index (χ1) is 13.9. The lowest BCUT2D eigenvalue weighted by Gasteiger charge is -2.44. The molecule has 0 amide bonds. The second kappa shape index (κ2) is 5.36. The molecule has 4 heterocycles. The third-order valence-corrected chi connectivity index (χ3v) is 6.17. The zero-order chi connectivity index (χ0) is 20.0. The number of Topliss-reactive ketones (excluding diaryl/α,β-unsaturated/α-hetero) is 1. The van der Waals surface area contributed by atoms with Gasteiger partial charge in [-0.2, -0.15) is 0 Å². The van der Waals surface area contributed by atoms with Gasteiger partial charge in [-0.15, -0.1) is 0 Å². The second-order valence-electron chi connectivity index (χ2n) is 8.50. The maximum atomic E-state index is 13.6. The third kappa shape index (κ3) is 2.19. The molecule has 0 saturated heterocycles. The summed E-state index contributed by atoms with van der Waals surface area (Å²) in [7, 11) is 0. The predicted molar refractivity (Wildman–Crippen MR) is 100 cm³/mol. The summed E-state index contributed by atoms with van der Waals surface area (Å²) in [6, 6.07) is 6.73. The molecule has 0 aliphatic carbocycles. The third-order valence-electron chi connectivity index (χ3n) is 6.17. The minimum atomic E-state index is -1.86. The molecule has 0 fully saturated rings. The van der Waals surface area contributed by atoms with E-state index in [1.807, 2.05) is 13.8 Å². The number of ether oxygens (including phenoxy) is 5. The van der Waals surface area contributed by atoms with Gasteiger partial charge in [-0.05, 0) is 44.9 Å². The Hall–Kier alpha value is -2.93. The van der Waals surface area contributed by atoms with E-state index in [1.165, 1.54) is 0 Å². The standard InChI is InChI=1S/C22H20O7/c1-21(2)6-5-11-14(29-21)4-3-12-19(11)28-18-9-25-15-8-17-16(26-10-27-17)7-13(15)22(18,24)20(12)23/h3-4,7-8,18,24H,5-6,9-10H2,1-2H3. The zero-order valence-corrected chi connectivity index (χ0v) is 16.1. The Balaban J connectivity index is 1.49. The number of ketones is 1. The van der Waals surface area contributed by atoms with Gasteiger partial charge in [-0.25, -0.2) is 0 Å². The molecule has 1 N–H and O–H groups in total. The van der Waals surface area contributed by atoms with Crippen molar-refractivity contribution in [1.29, 1.82) is 0 Å². The number of hydrogen-bond donors (Lipinski definition) is 1. The summed E-state index contributed by atoms with van der Waals surface area (Å²) in [6.45, 7) is 4.22. The van der Waals surface area contributed by atoms with Crippen LogP contribution >= 0.6 is 0 Å². The number of rotatable bonds is 0. The fourth-order valence-corrected chi connectivity index (χ4v) is 4.57. The van der Waals surface area contributed by atoms with Crippen molar-refractivity contribution >= 4 is 5.78 Å². The van der Waals surface area contributed by atoms with E-state index in [-0.39, 0.29) is 19.0 Å². The molecule has 2 aromatic rings. The van der Waals surface area contributed by atoms with E-state index in [0.29, 0.717) is 34.1 Å². The first kappa shape index (κ1) is 17.0. The molecule has 4 aliphatic heterocycles. The van der Waals surface area contributed by atoms with Gasteiger partial charge in [0.15, 0.2) is 23.2 Å². The number of hydrogen-bond acceptors (Lipinski definition) is 7. The van der Waals surface area contributed by atoms with Crippen LogP contribution in [0.25, 0.3) is 0 Å². The number of carbonyl (C=O) groups excluding carboxylic acids is 1. The fraction of sp³-hybridized carbons (Fsp3) is 0.409. The Morgan fingerprint density at radius 3 is 2.66 bits per heavy atom. The van der Waals surface area contributed by atoms with E-state index in [0.717, 1.165) is 24.2 Å². The van der Waals surface area contributed by atoms with Gasteiger partial charge in [0.2, 0.25) is 12.6 Å².